The molecule has 2 rings (SSSR count). The van der Waals surface area contributed by atoms with E-state index in [4.69, 9.17) is 0 Å². The van der Waals surface area contributed by atoms with Crippen LogP contribution in [0.1, 0.15) is 0 Å². The first-order valence-corrected chi connectivity index (χ1v) is 3.42. The average molecular weight is 184 g/mol. The summed E-state index contributed by atoms with van der Waals surface area (Å²) in [6, 6.07) is 0.150. The van der Waals surface area contributed by atoms with Gasteiger partial charge in [0, 0.05) is 12.9 Å². The third-order valence-corrected chi connectivity index (χ3v) is 1.53. The summed E-state index contributed by atoms with van der Waals surface area (Å²) in [7, 11) is 0. The number of nitrogens with zero attached hydrogens (tertiary/aromatic N) is 2. The number of nitrogens with one attached hydrogen (secondary N) is 2. The number of fused-ring (bicyclic) bond motifs is 1. The molecular formula is C5H4N4O2S. The lowest BCUT2D eigenvalue weighted by Crippen LogP contribution is -2.05. The van der Waals surface area contributed by atoms with Crippen LogP contribution in [0.15, 0.2) is 11.1 Å². The van der Waals surface area contributed by atoms with Crippen molar-refractivity contribution in [3.05, 3.63) is 16.7 Å². The zero-order chi connectivity index (χ0) is 8.55. The summed E-state index contributed by atoms with van der Waals surface area (Å²) in [5.74, 6) is 0. The summed E-state index contributed by atoms with van der Waals surface area (Å²) < 4.78 is 4.49. The number of aromatic amines is 2. The number of rotatable bonds is 1. The average Bonchev–Trinajstić information content (AvgIpc) is 2.49. The molecule has 2 N–H and O–H groups in total. The maximum atomic E-state index is 11.1. The molecule has 0 spiro atoms. The number of hydrogen-bond donors (Lipinski definition) is 3. The number of thiol groups is 1. The summed E-state index contributed by atoms with van der Waals surface area (Å²) in [5.41, 5.74) is 0.300. The van der Waals surface area contributed by atoms with Crippen LogP contribution in [0.4, 0.5) is 0 Å². The molecule has 0 amide bonds. The van der Waals surface area contributed by atoms with Gasteiger partial charge >= 0.3 is 6.01 Å². The van der Waals surface area contributed by atoms with Crippen molar-refractivity contribution in [2.24, 2.45) is 0 Å². The Kier molecular flexibility index (Phi) is 1.51. The monoisotopic (exact) mass is 184 g/mol. The molecule has 12 heavy (non-hydrogen) atoms. The SMILES string of the molecule is O=c1[nH]cnc2nc(OS)[nH]c12. The van der Waals surface area contributed by atoms with E-state index in [2.05, 4.69) is 37.0 Å². The van der Waals surface area contributed by atoms with E-state index < -0.39 is 0 Å². The number of H-pyrrole nitrogens is 2. The Hall–Kier alpha value is -1.50. The lowest BCUT2D eigenvalue weighted by Gasteiger charge is -1.83. The van der Waals surface area contributed by atoms with Gasteiger partial charge in [0.25, 0.3) is 5.56 Å². The molecule has 0 bridgehead atoms. The molecule has 0 aliphatic carbocycles. The third kappa shape index (κ3) is 0.944. The van der Waals surface area contributed by atoms with Crippen LogP contribution in [0.5, 0.6) is 6.01 Å². The Labute approximate surface area is 71.6 Å². The summed E-state index contributed by atoms with van der Waals surface area (Å²) in [6.07, 6.45) is 1.27. The van der Waals surface area contributed by atoms with E-state index in [9.17, 15) is 4.79 Å². The quantitative estimate of drug-likeness (QED) is 0.426. The zero-order valence-corrected chi connectivity index (χ0v) is 6.63. The molecule has 0 aromatic carbocycles. The van der Waals surface area contributed by atoms with Crippen LogP contribution < -0.4 is 9.74 Å². The van der Waals surface area contributed by atoms with Crippen molar-refractivity contribution in [3.8, 4) is 6.01 Å². The molecule has 0 aliphatic heterocycles. The van der Waals surface area contributed by atoms with Gasteiger partial charge in [-0.05, 0) is 0 Å². The van der Waals surface area contributed by atoms with E-state index in [1.54, 1.807) is 0 Å². The first-order chi connectivity index (χ1) is 5.81. The lowest BCUT2D eigenvalue weighted by molar-refractivity contribution is 0.608. The maximum Gasteiger partial charge on any atom is 0.308 e. The molecule has 0 atom stereocenters. The van der Waals surface area contributed by atoms with Gasteiger partial charge in [0.15, 0.2) is 11.2 Å². The standard InChI is InChI=1S/C5H4N4O2S/c10-4-2-3(6-1-7-4)9-5(8-2)11-12/h1,12H,(H2,6,7,8,9,10). The fraction of sp³-hybridized carbons (Fsp3) is 0. The molecule has 62 valence electrons. The third-order valence-electron chi connectivity index (χ3n) is 1.36. The predicted octanol–water partition coefficient (Wildman–Crippen LogP) is -0.130. The number of imidazole rings is 1. The van der Waals surface area contributed by atoms with Crippen LogP contribution in [0.25, 0.3) is 11.2 Å². The smallest absolute Gasteiger partial charge is 0.308 e. The Balaban J connectivity index is 2.83. The molecule has 7 heteroatoms. The van der Waals surface area contributed by atoms with Gasteiger partial charge in [-0.15, -0.1) is 0 Å². The summed E-state index contributed by atoms with van der Waals surface area (Å²) in [6.45, 7) is 0. The largest absolute Gasteiger partial charge is 0.394 e. The van der Waals surface area contributed by atoms with Crippen molar-refractivity contribution in [1.29, 1.82) is 0 Å². The van der Waals surface area contributed by atoms with Crippen molar-refractivity contribution in [3.63, 3.8) is 0 Å². The molecule has 2 aromatic rings. The van der Waals surface area contributed by atoms with Crippen molar-refractivity contribution >= 4 is 24.1 Å². The Morgan fingerprint density at radius 2 is 2.42 bits per heavy atom. The fourth-order valence-electron chi connectivity index (χ4n) is 0.862. The number of hydrogen-bond acceptors (Lipinski definition) is 5. The van der Waals surface area contributed by atoms with Crippen LogP contribution in [0.2, 0.25) is 0 Å². The van der Waals surface area contributed by atoms with Crippen molar-refractivity contribution in [2.45, 2.75) is 0 Å². The van der Waals surface area contributed by atoms with Gasteiger partial charge < -0.3 is 14.2 Å². The minimum Gasteiger partial charge on any atom is -0.394 e. The minimum absolute atomic E-state index is 0.150. The topological polar surface area (TPSA) is 83.7 Å². The molecule has 0 radical (unpaired) electrons. The van der Waals surface area contributed by atoms with Gasteiger partial charge in [-0.25, -0.2) is 4.98 Å². The van der Waals surface area contributed by atoms with Gasteiger partial charge in [-0.2, -0.15) is 4.98 Å². The van der Waals surface area contributed by atoms with E-state index in [0.29, 0.717) is 5.65 Å². The van der Waals surface area contributed by atoms with Gasteiger partial charge in [0.2, 0.25) is 0 Å². The number of aromatic nitrogens is 4. The predicted molar refractivity (Wildman–Crippen MR) is 44.1 cm³/mol. The van der Waals surface area contributed by atoms with Crippen LogP contribution >= 0.6 is 12.9 Å². The molecule has 0 unspecified atom stereocenters. The molecule has 0 saturated heterocycles. The second kappa shape index (κ2) is 2.52. The highest BCUT2D eigenvalue weighted by Gasteiger charge is 2.05. The summed E-state index contributed by atoms with van der Waals surface area (Å²) in [4.78, 5) is 23.7. The Bertz CT molecular complexity index is 462. The van der Waals surface area contributed by atoms with Gasteiger partial charge in [0.1, 0.15) is 0 Å². The van der Waals surface area contributed by atoms with Crippen molar-refractivity contribution in [2.75, 3.05) is 0 Å². The van der Waals surface area contributed by atoms with E-state index in [1.165, 1.54) is 6.33 Å². The fourth-order valence-corrected chi connectivity index (χ4v) is 0.949. The molecular weight excluding hydrogens is 180 g/mol. The maximum absolute atomic E-state index is 11.1. The lowest BCUT2D eigenvalue weighted by atomic mass is 10.6. The van der Waals surface area contributed by atoms with E-state index >= 15 is 0 Å². The first kappa shape index (κ1) is 7.17. The van der Waals surface area contributed by atoms with Crippen molar-refractivity contribution < 1.29 is 4.18 Å². The van der Waals surface area contributed by atoms with E-state index in [-0.39, 0.29) is 17.1 Å². The molecule has 2 heterocycles. The van der Waals surface area contributed by atoms with E-state index in [1.807, 2.05) is 0 Å². The second-order valence-electron chi connectivity index (χ2n) is 2.06. The van der Waals surface area contributed by atoms with Gasteiger partial charge in [-0.3, -0.25) is 4.79 Å². The molecule has 0 aliphatic rings. The van der Waals surface area contributed by atoms with Crippen LogP contribution in [-0.4, -0.2) is 19.9 Å². The zero-order valence-electron chi connectivity index (χ0n) is 5.74. The molecule has 6 nitrogen and oxygen atoms in total. The highest BCUT2D eigenvalue weighted by molar-refractivity contribution is 7.75. The highest BCUT2D eigenvalue weighted by Crippen LogP contribution is 2.09. The normalized spacial score (nSPS) is 10.4. The van der Waals surface area contributed by atoms with Gasteiger partial charge in [0.05, 0.1) is 6.33 Å². The molecule has 0 fully saturated rings. The minimum atomic E-state index is -0.288. The summed E-state index contributed by atoms with van der Waals surface area (Å²) in [5, 5.41) is 0. The van der Waals surface area contributed by atoms with Crippen molar-refractivity contribution in [1.82, 2.24) is 19.9 Å². The van der Waals surface area contributed by atoms with Crippen LogP contribution in [0.3, 0.4) is 0 Å². The van der Waals surface area contributed by atoms with Crippen LogP contribution in [0, 0.1) is 0 Å². The summed E-state index contributed by atoms with van der Waals surface area (Å²) >= 11 is 3.52. The van der Waals surface area contributed by atoms with Crippen LogP contribution in [-0.2, 0) is 0 Å². The molecule has 0 saturated carbocycles. The van der Waals surface area contributed by atoms with E-state index in [0.717, 1.165) is 0 Å². The highest BCUT2D eigenvalue weighted by atomic mass is 32.1. The van der Waals surface area contributed by atoms with Gasteiger partial charge in [-0.1, -0.05) is 0 Å². The Morgan fingerprint density at radius 1 is 1.58 bits per heavy atom. The molecule has 2 aromatic heterocycles. The first-order valence-electron chi connectivity index (χ1n) is 3.06. The second-order valence-corrected chi connectivity index (χ2v) is 2.25. The Morgan fingerprint density at radius 3 is 3.08 bits per heavy atom.